The fourth-order valence-corrected chi connectivity index (χ4v) is 8.25. The van der Waals surface area contributed by atoms with E-state index in [1.54, 1.807) is 19.1 Å². The highest BCUT2D eigenvalue weighted by molar-refractivity contribution is 6.03. The van der Waals surface area contributed by atoms with Crippen LogP contribution in [-0.2, 0) is 39.7 Å². The third-order valence-corrected chi connectivity index (χ3v) is 11.1. The second-order valence-corrected chi connectivity index (χ2v) is 14.6. The second-order valence-electron chi connectivity index (χ2n) is 14.6. The van der Waals surface area contributed by atoms with Crippen LogP contribution in [0.15, 0.2) is 77.4 Å². The fraction of sp³-hybridized carbons (Fsp3) is 0.600. The van der Waals surface area contributed by atoms with Gasteiger partial charge in [-0.3, -0.25) is 9.59 Å². The van der Waals surface area contributed by atoms with Crippen molar-refractivity contribution in [2.45, 2.75) is 121 Å². The molecule has 0 aromatic heterocycles. The summed E-state index contributed by atoms with van der Waals surface area (Å²) in [6, 6.07) is 10.3. The number of hydrogen-bond acceptors (Lipinski definition) is 8. The quantitative estimate of drug-likeness (QED) is 0.287. The Morgan fingerprint density at radius 1 is 1.06 bits per heavy atom. The molecule has 0 amide bonds. The summed E-state index contributed by atoms with van der Waals surface area (Å²) in [5.41, 5.74) is 1.35. The molecular weight excluding hydrogens is 608 g/mol. The van der Waals surface area contributed by atoms with Gasteiger partial charge in [0.15, 0.2) is 17.7 Å². The highest BCUT2D eigenvalue weighted by Gasteiger charge is 2.60. The zero-order chi connectivity index (χ0) is 34.1. The molecular formula is C40H52O8. The summed E-state index contributed by atoms with van der Waals surface area (Å²) in [5, 5.41) is 12.2. The largest absolute Gasteiger partial charge is 0.462 e. The number of rotatable bonds is 5. The molecule has 8 nitrogen and oxygen atoms in total. The number of aliphatic hydroxyl groups is 1. The lowest BCUT2D eigenvalue weighted by molar-refractivity contribution is -0.335. The van der Waals surface area contributed by atoms with E-state index in [4.69, 9.17) is 23.7 Å². The van der Waals surface area contributed by atoms with E-state index in [0.717, 1.165) is 24.8 Å². The molecule has 260 valence electrons. The van der Waals surface area contributed by atoms with Gasteiger partial charge in [0, 0.05) is 25.2 Å². The molecule has 1 aromatic carbocycles. The molecule has 0 unspecified atom stereocenters. The maximum Gasteiger partial charge on any atom is 0.316 e. The summed E-state index contributed by atoms with van der Waals surface area (Å²) in [7, 11) is 0. The monoisotopic (exact) mass is 660 g/mol. The van der Waals surface area contributed by atoms with Crippen molar-refractivity contribution in [3.63, 3.8) is 0 Å². The number of carbonyl (C=O) groups is 2. The van der Waals surface area contributed by atoms with Crippen LogP contribution in [0.1, 0.15) is 78.7 Å². The van der Waals surface area contributed by atoms with E-state index in [1.165, 1.54) is 5.56 Å². The number of ketones is 1. The predicted octanol–water partition coefficient (Wildman–Crippen LogP) is 6.37. The van der Waals surface area contributed by atoms with Crippen molar-refractivity contribution in [3.05, 3.63) is 83.0 Å². The van der Waals surface area contributed by atoms with E-state index >= 15 is 0 Å². The molecule has 4 heterocycles. The van der Waals surface area contributed by atoms with Crippen LogP contribution in [0.25, 0.3) is 0 Å². The smallest absolute Gasteiger partial charge is 0.316 e. The number of carbonyl (C=O) groups excluding carboxylic acids is 2. The lowest BCUT2D eigenvalue weighted by Crippen LogP contribution is -2.57. The zero-order valence-electron chi connectivity index (χ0n) is 29.1. The molecule has 2 bridgehead atoms. The molecule has 6 rings (SSSR count). The van der Waals surface area contributed by atoms with Gasteiger partial charge in [-0.2, -0.15) is 0 Å². The fourth-order valence-electron chi connectivity index (χ4n) is 8.25. The van der Waals surface area contributed by atoms with E-state index < -0.39 is 35.5 Å². The first-order valence-corrected chi connectivity index (χ1v) is 17.9. The Morgan fingerprint density at radius 2 is 1.85 bits per heavy atom. The summed E-state index contributed by atoms with van der Waals surface area (Å²) in [4.78, 5) is 27.3. The zero-order valence-corrected chi connectivity index (χ0v) is 29.1. The Bertz CT molecular complexity index is 1460. The first-order chi connectivity index (χ1) is 23.0. The van der Waals surface area contributed by atoms with E-state index in [0.29, 0.717) is 49.4 Å². The number of hydrogen-bond donors (Lipinski definition) is 1. The standard InChI is InChI=1S/C40H52O8/c1-6-34-25(2)17-19-39(48-34)23-32-22-31(47-39)16-15-27(4)36(44-20-18-29-12-8-7-9-13-29)26(3)11-10-14-30-24-45-37-35(41)28(5)21-33(38(42)46-32)40(30,37)43/h7-15,21,25-26,31-34,36-37,43H,6,16-20,22-24H2,1-5H3/b11-10+,27-15+,30-14+/t25-,26-,31+,32-,33-,34+,36+,37+,39+,40+/m0/s1. The SMILES string of the molecule is CC[C@H]1O[C@]2(CC[C@@H]1C)C[C@@H]1C[C@@H](C/C=C(\C)[C@H](OCCc3ccccc3)[C@@H](C)/C=C/C=C3\CO[C@@H]4C(=O)C(C)=C[C@@H](C(=O)O1)[C@]34O)O2. The van der Waals surface area contributed by atoms with E-state index in [-0.39, 0.29) is 36.6 Å². The molecule has 1 aromatic rings. The maximum absolute atomic E-state index is 14.1. The average molecular weight is 661 g/mol. The molecule has 10 atom stereocenters. The van der Waals surface area contributed by atoms with E-state index in [9.17, 15) is 14.7 Å². The topological polar surface area (TPSA) is 101 Å². The van der Waals surface area contributed by atoms with Crippen molar-refractivity contribution in [3.8, 4) is 0 Å². The Morgan fingerprint density at radius 3 is 2.62 bits per heavy atom. The number of benzene rings is 1. The highest BCUT2D eigenvalue weighted by atomic mass is 16.7. The van der Waals surface area contributed by atoms with Crippen LogP contribution < -0.4 is 0 Å². The first-order valence-electron chi connectivity index (χ1n) is 17.9. The average Bonchev–Trinajstić information content (AvgIpc) is 3.41. The van der Waals surface area contributed by atoms with Gasteiger partial charge in [-0.15, -0.1) is 0 Å². The molecule has 0 saturated carbocycles. The Hall–Kier alpha value is -2.88. The lowest BCUT2D eigenvalue weighted by atomic mass is 9.71. The van der Waals surface area contributed by atoms with Crippen LogP contribution >= 0.6 is 0 Å². The molecule has 5 aliphatic rings. The van der Waals surface area contributed by atoms with E-state index in [1.807, 2.05) is 30.4 Å². The normalized spacial score (nSPS) is 41.8. The van der Waals surface area contributed by atoms with Gasteiger partial charge in [0.1, 0.15) is 17.6 Å². The second kappa shape index (κ2) is 14.5. The Balaban J connectivity index is 1.35. The van der Waals surface area contributed by atoms with Crippen molar-refractivity contribution in [2.24, 2.45) is 17.8 Å². The minimum Gasteiger partial charge on any atom is -0.462 e. The summed E-state index contributed by atoms with van der Waals surface area (Å²) in [5.74, 6) is -2.42. The number of esters is 1. The first kappa shape index (κ1) is 35.0. The van der Waals surface area contributed by atoms with Crippen molar-refractivity contribution >= 4 is 11.8 Å². The third-order valence-electron chi connectivity index (χ3n) is 11.1. The highest BCUT2D eigenvalue weighted by Crippen LogP contribution is 2.46. The van der Waals surface area contributed by atoms with Gasteiger partial charge < -0.3 is 28.8 Å². The summed E-state index contributed by atoms with van der Waals surface area (Å²) < 4.78 is 32.3. The summed E-state index contributed by atoms with van der Waals surface area (Å²) in [6.07, 6.45) is 12.3. The van der Waals surface area contributed by atoms with Crippen LogP contribution in [-0.4, -0.2) is 72.0 Å². The molecule has 3 saturated heterocycles. The van der Waals surface area contributed by atoms with Crippen LogP contribution in [0.4, 0.5) is 0 Å². The van der Waals surface area contributed by atoms with Crippen molar-refractivity contribution in [2.75, 3.05) is 13.2 Å². The van der Waals surface area contributed by atoms with Crippen LogP contribution in [0.3, 0.4) is 0 Å². The minimum absolute atomic E-state index is 0.00901. The number of fused-ring (bicyclic) bond motifs is 2. The molecule has 1 N–H and O–H groups in total. The van der Waals surface area contributed by atoms with Gasteiger partial charge in [-0.05, 0) is 67.7 Å². The molecule has 8 heteroatoms. The third kappa shape index (κ3) is 7.06. The Kier molecular flexibility index (Phi) is 10.6. The molecule has 48 heavy (non-hydrogen) atoms. The lowest BCUT2D eigenvalue weighted by Gasteiger charge is -2.49. The predicted molar refractivity (Wildman–Crippen MR) is 182 cm³/mol. The summed E-state index contributed by atoms with van der Waals surface area (Å²) in [6.45, 7) is 10.8. The van der Waals surface area contributed by atoms with Gasteiger partial charge in [-0.1, -0.05) is 81.5 Å². The van der Waals surface area contributed by atoms with Crippen molar-refractivity contribution < 1.29 is 38.4 Å². The summed E-state index contributed by atoms with van der Waals surface area (Å²) >= 11 is 0. The van der Waals surface area contributed by atoms with Crippen LogP contribution in [0.2, 0.25) is 0 Å². The number of ether oxygens (including phenoxy) is 5. The Labute approximate surface area is 285 Å². The molecule has 1 spiro atoms. The van der Waals surface area contributed by atoms with Crippen LogP contribution in [0.5, 0.6) is 0 Å². The van der Waals surface area contributed by atoms with Gasteiger partial charge in [0.05, 0.1) is 31.5 Å². The number of Topliss-reactive ketones (excluding diaryl/α,β-unsaturated/α-hetero) is 1. The molecule has 0 radical (unpaired) electrons. The van der Waals surface area contributed by atoms with E-state index in [2.05, 4.69) is 45.9 Å². The maximum atomic E-state index is 14.1. The van der Waals surface area contributed by atoms with Gasteiger partial charge in [0.25, 0.3) is 0 Å². The van der Waals surface area contributed by atoms with Crippen LogP contribution in [0, 0.1) is 17.8 Å². The van der Waals surface area contributed by atoms with Gasteiger partial charge in [0.2, 0.25) is 0 Å². The number of allylic oxidation sites excluding steroid dienone is 2. The van der Waals surface area contributed by atoms with Crippen molar-refractivity contribution in [1.82, 2.24) is 0 Å². The minimum atomic E-state index is -1.84. The molecule has 4 aliphatic heterocycles. The molecule has 3 fully saturated rings. The van der Waals surface area contributed by atoms with Gasteiger partial charge >= 0.3 is 5.97 Å². The molecule has 1 aliphatic carbocycles. The van der Waals surface area contributed by atoms with Crippen molar-refractivity contribution in [1.29, 1.82) is 0 Å². The van der Waals surface area contributed by atoms with Gasteiger partial charge in [-0.25, -0.2) is 0 Å².